The van der Waals surface area contributed by atoms with Crippen molar-refractivity contribution in [3.8, 4) is 11.1 Å². The van der Waals surface area contributed by atoms with Gasteiger partial charge < -0.3 is 4.74 Å². The van der Waals surface area contributed by atoms with E-state index in [-0.39, 0.29) is 5.97 Å². The average Bonchev–Trinajstić information content (AvgIpc) is 2.91. The summed E-state index contributed by atoms with van der Waals surface area (Å²) in [6, 6.07) is 3.70. The van der Waals surface area contributed by atoms with Crippen molar-refractivity contribution in [3.05, 3.63) is 45.7 Å². The zero-order valence-electron chi connectivity index (χ0n) is 12.5. The van der Waals surface area contributed by atoms with E-state index in [0.717, 1.165) is 27.8 Å². The summed E-state index contributed by atoms with van der Waals surface area (Å²) >= 11 is 6.09. The number of aromatic nitrogens is 2. The van der Waals surface area contributed by atoms with Crippen LogP contribution in [-0.2, 0) is 11.2 Å². The average molecular weight is 305 g/mol. The maximum atomic E-state index is 11.9. The molecule has 1 aromatic heterocycles. The second-order valence-electron chi connectivity index (χ2n) is 4.48. The lowest BCUT2D eigenvalue weighted by atomic mass is 9.97. The van der Waals surface area contributed by atoms with E-state index in [4.69, 9.17) is 16.3 Å². The lowest BCUT2D eigenvalue weighted by molar-refractivity contribution is 0.0601. The van der Waals surface area contributed by atoms with E-state index >= 15 is 0 Å². The lowest BCUT2D eigenvalue weighted by Gasteiger charge is -2.09. The molecule has 0 radical (unpaired) electrons. The molecule has 5 heteroatoms. The van der Waals surface area contributed by atoms with E-state index in [9.17, 15) is 4.79 Å². The van der Waals surface area contributed by atoms with Gasteiger partial charge in [-0.3, -0.25) is 0 Å². The summed E-state index contributed by atoms with van der Waals surface area (Å²) in [7, 11) is 1.38. The first kappa shape index (κ1) is 15.4. The molecule has 0 bridgehead atoms. The van der Waals surface area contributed by atoms with E-state index in [1.54, 1.807) is 12.3 Å². The Morgan fingerprint density at radius 3 is 2.67 bits per heavy atom. The van der Waals surface area contributed by atoms with Crippen molar-refractivity contribution < 1.29 is 9.53 Å². The van der Waals surface area contributed by atoms with E-state index < -0.39 is 0 Å². The summed E-state index contributed by atoms with van der Waals surface area (Å²) in [6.45, 7) is 6.01. The van der Waals surface area contributed by atoms with E-state index in [2.05, 4.69) is 10.2 Å². The van der Waals surface area contributed by atoms with Crippen molar-refractivity contribution in [3.63, 3.8) is 0 Å². The fourth-order valence-corrected chi connectivity index (χ4v) is 2.73. The zero-order chi connectivity index (χ0) is 15.6. The number of methoxy groups -OCH3 is 1. The summed E-state index contributed by atoms with van der Waals surface area (Å²) in [4.78, 5) is 11.9. The molecule has 0 fully saturated rings. The monoisotopic (exact) mass is 304 g/mol. The smallest absolute Gasteiger partial charge is 0.338 e. The summed E-state index contributed by atoms with van der Waals surface area (Å²) in [5.41, 5.74) is 5.43. The molecular formula is C16H17ClN2O2. The second kappa shape index (κ2) is 6.22. The third kappa shape index (κ3) is 2.51. The molecule has 0 atom stereocenters. The van der Waals surface area contributed by atoms with E-state index in [1.807, 2.05) is 26.8 Å². The number of fused-ring (bicyclic) bond motifs is 3. The molecule has 0 saturated carbocycles. The van der Waals surface area contributed by atoms with Crippen molar-refractivity contribution in [2.24, 2.45) is 0 Å². The highest BCUT2D eigenvalue weighted by Crippen LogP contribution is 2.42. The minimum Gasteiger partial charge on any atom is -0.465 e. The standard InChI is InChI=1S/C14H11ClN2O2.C2H6/c1-7-3-4-8(14(18)19-2)12-9(7)5-10-11(12)6-16-17-13(10)15;1-2/h3-4,6H,5H2,1-2H3;1-2H3. The number of hydrogen-bond acceptors (Lipinski definition) is 4. The molecule has 0 N–H and O–H groups in total. The molecule has 0 unspecified atom stereocenters. The minimum atomic E-state index is -0.350. The minimum absolute atomic E-state index is 0.350. The van der Waals surface area contributed by atoms with Crippen LogP contribution < -0.4 is 0 Å². The van der Waals surface area contributed by atoms with Crippen molar-refractivity contribution in [2.45, 2.75) is 27.2 Å². The number of aryl methyl sites for hydroxylation is 1. The number of esters is 1. The summed E-state index contributed by atoms with van der Waals surface area (Å²) in [6.07, 6.45) is 2.33. The van der Waals surface area contributed by atoms with Crippen LogP contribution in [0.2, 0.25) is 5.15 Å². The van der Waals surface area contributed by atoms with E-state index in [0.29, 0.717) is 17.1 Å². The molecule has 1 aliphatic rings. The van der Waals surface area contributed by atoms with Gasteiger partial charge in [0.25, 0.3) is 0 Å². The quantitative estimate of drug-likeness (QED) is 0.641. The summed E-state index contributed by atoms with van der Waals surface area (Å²) in [5.74, 6) is -0.350. The Labute approximate surface area is 129 Å². The van der Waals surface area contributed by atoms with Gasteiger partial charge in [0.2, 0.25) is 0 Å². The van der Waals surface area contributed by atoms with Gasteiger partial charge in [0.1, 0.15) is 0 Å². The molecule has 3 rings (SSSR count). The van der Waals surface area contributed by atoms with Crippen LogP contribution in [0.4, 0.5) is 0 Å². The number of halogens is 1. The largest absolute Gasteiger partial charge is 0.465 e. The molecule has 110 valence electrons. The molecule has 0 aliphatic heterocycles. The van der Waals surface area contributed by atoms with Gasteiger partial charge in [0, 0.05) is 23.1 Å². The predicted molar refractivity (Wildman–Crippen MR) is 82.7 cm³/mol. The number of carbonyl (C=O) groups is 1. The number of benzene rings is 1. The van der Waals surface area contributed by atoms with Crippen LogP contribution in [0.25, 0.3) is 11.1 Å². The van der Waals surface area contributed by atoms with Gasteiger partial charge >= 0.3 is 5.97 Å². The van der Waals surface area contributed by atoms with Crippen molar-refractivity contribution in [1.82, 2.24) is 10.2 Å². The third-order valence-electron chi connectivity index (χ3n) is 3.48. The molecule has 1 aliphatic carbocycles. The van der Waals surface area contributed by atoms with Gasteiger partial charge in [0.15, 0.2) is 5.15 Å². The first-order valence-electron chi connectivity index (χ1n) is 6.84. The first-order chi connectivity index (χ1) is 10.1. The second-order valence-corrected chi connectivity index (χ2v) is 4.84. The molecule has 2 aromatic rings. The zero-order valence-corrected chi connectivity index (χ0v) is 13.3. The maximum absolute atomic E-state index is 11.9. The van der Waals surface area contributed by atoms with Gasteiger partial charge in [-0.15, -0.1) is 5.10 Å². The number of nitrogens with zero attached hydrogens (tertiary/aromatic N) is 2. The van der Waals surface area contributed by atoms with Crippen LogP contribution in [0.1, 0.15) is 40.9 Å². The number of hydrogen-bond donors (Lipinski definition) is 0. The topological polar surface area (TPSA) is 52.1 Å². The van der Waals surface area contributed by atoms with Crippen LogP contribution in [0.15, 0.2) is 18.3 Å². The van der Waals surface area contributed by atoms with Crippen LogP contribution in [0.5, 0.6) is 0 Å². The highest BCUT2D eigenvalue weighted by molar-refractivity contribution is 6.30. The maximum Gasteiger partial charge on any atom is 0.338 e. The fraction of sp³-hybridized carbons (Fsp3) is 0.312. The Kier molecular flexibility index (Phi) is 4.58. The van der Waals surface area contributed by atoms with Crippen molar-refractivity contribution >= 4 is 17.6 Å². The molecule has 1 heterocycles. The fourth-order valence-electron chi connectivity index (χ4n) is 2.51. The van der Waals surface area contributed by atoms with Crippen molar-refractivity contribution in [2.75, 3.05) is 7.11 Å². The summed E-state index contributed by atoms with van der Waals surface area (Å²) < 4.78 is 4.84. The molecule has 4 nitrogen and oxygen atoms in total. The predicted octanol–water partition coefficient (Wildman–Crippen LogP) is 3.82. The van der Waals surface area contributed by atoms with Crippen LogP contribution in [0, 0.1) is 6.92 Å². The van der Waals surface area contributed by atoms with E-state index in [1.165, 1.54) is 7.11 Å². The van der Waals surface area contributed by atoms with Gasteiger partial charge in [-0.2, -0.15) is 5.10 Å². The highest BCUT2D eigenvalue weighted by atomic mass is 35.5. The van der Waals surface area contributed by atoms with Crippen LogP contribution >= 0.6 is 11.6 Å². The highest BCUT2D eigenvalue weighted by Gasteiger charge is 2.28. The number of ether oxygens (including phenoxy) is 1. The first-order valence-corrected chi connectivity index (χ1v) is 7.22. The van der Waals surface area contributed by atoms with Crippen molar-refractivity contribution in [1.29, 1.82) is 0 Å². The van der Waals surface area contributed by atoms with Crippen LogP contribution in [0.3, 0.4) is 0 Å². The molecule has 0 amide bonds. The Morgan fingerprint density at radius 2 is 2.00 bits per heavy atom. The number of rotatable bonds is 1. The normalized spacial score (nSPS) is 11.1. The lowest BCUT2D eigenvalue weighted by Crippen LogP contribution is -2.04. The Hall–Kier alpha value is -1.94. The third-order valence-corrected chi connectivity index (χ3v) is 3.79. The SMILES string of the molecule is CC.COC(=O)c1ccc(C)c2c1-c1cnnc(Cl)c1C2. The van der Waals surface area contributed by atoms with Gasteiger partial charge in [-0.25, -0.2) is 4.79 Å². The molecule has 1 aromatic carbocycles. The molecule has 0 spiro atoms. The van der Waals surface area contributed by atoms with Gasteiger partial charge in [-0.05, 0) is 24.1 Å². The Balaban J connectivity index is 0.000000774. The Bertz CT molecular complexity index is 699. The van der Waals surface area contributed by atoms with Crippen LogP contribution in [-0.4, -0.2) is 23.3 Å². The van der Waals surface area contributed by atoms with Gasteiger partial charge in [0.05, 0.1) is 18.9 Å². The Morgan fingerprint density at radius 1 is 1.29 bits per heavy atom. The number of carbonyl (C=O) groups excluding carboxylic acids is 1. The molecule has 21 heavy (non-hydrogen) atoms. The van der Waals surface area contributed by atoms with Gasteiger partial charge in [-0.1, -0.05) is 31.5 Å². The summed E-state index contributed by atoms with van der Waals surface area (Å²) in [5, 5.41) is 8.13. The molecule has 0 saturated heterocycles. The molecular weight excluding hydrogens is 288 g/mol.